The lowest BCUT2D eigenvalue weighted by molar-refractivity contribution is -0.143. The van der Waals surface area contributed by atoms with Crippen molar-refractivity contribution in [2.24, 2.45) is 11.5 Å². The minimum absolute atomic E-state index is 0.387. The standard InChI is InChI=1S/C20H31N7O12/c1-8(17(35)23-7-14(30)26-10(20(38)39)2-3-15(31)32)25-13(29)6-24-19(37)11(5-12(22)28)27-18(36)9(21)4-16(33)34/h8-11H,2-7,21H2,1H3,(H2,22,28)(H,23,35)(H,24,37)(H,25,29)(H,26,30)(H,27,36)(H,31,32)(H,33,34)(H,38,39). The Morgan fingerprint density at radius 3 is 1.72 bits per heavy atom. The fourth-order valence-corrected chi connectivity index (χ4v) is 2.71. The van der Waals surface area contributed by atoms with Crippen LogP contribution in [0, 0.1) is 0 Å². The highest BCUT2D eigenvalue weighted by Gasteiger charge is 2.27. The summed E-state index contributed by atoms with van der Waals surface area (Å²) in [5, 5.41) is 36.8. The van der Waals surface area contributed by atoms with Crippen molar-refractivity contribution in [3.05, 3.63) is 0 Å². The van der Waals surface area contributed by atoms with Gasteiger partial charge < -0.3 is 53.4 Å². The summed E-state index contributed by atoms with van der Waals surface area (Å²) in [5.74, 6) is -9.93. The van der Waals surface area contributed by atoms with Gasteiger partial charge in [-0.1, -0.05) is 0 Å². The number of amides is 6. The SMILES string of the molecule is CC(NC(=O)CNC(=O)C(CC(N)=O)NC(=O)C(N)CC(=O)O)C(=O)NCC(=O)NC(CCC(=O)O)C(=O)O. The number of carboxylic acid groups (broad SMARTS) is 3. The van der Waals surface area contributed by atoms with Crippen LogP contribution in [0.3, 0.4) is 0 Å². The van der Waals surface area contributed by atoms with Crippen molar-refractivity contribution in [3.63, 3.8) is 0 Å². The number of rotatable bonds is 18. The first-order chi connectivity index (χ1) is 18.0. The van der Waals surface area contributed by atoms with E-state index in [0.717, 1.165) is 0 Å². The van der Waals surface area contributed by atoms with Crippen LogP contribution in [0.5, 0.6) is 0 Å². The smallest absolute Gasteiger partial charge is 0.326 e. The van der Waals surface area contributed by atoms with Crippen LogP contribution in [0.1, 0.15) is 32.6 Å². The van der Waals surface area contributed by atoms with Crippen LogP contribution in [-0.2, 0) is 43.2 Å². The van der Waals surface area contributed by atoms with E-state index in [1.807, 2.05) is 5.32 Å². The second kappa shape index (κ2) is 16.8. The molecule has 0 bridgehead atoms. The van der Waals surface area contributed by atoms with Crippen LogP contribution in [0.4, 0.5) is 0 Å². The van der Waals surface area contributed by atoms with E-state index in [0.29, 0.717) is 0 Å². The Kier molecular flexibility index (Phi) is 14.8. The second-order valence-corrected chi connectivity index (χ2v) is 8.05. The van der Waals surface area contributed by atoms with Crippen LogP contribution in [0.25, 0.3) is 0 Å². The van der Waals surface area contributed by atoms with Crippen molar-refractivity contribution in [2.45, 2.75) is 56.8 Å². The summed E-state index contributed by atoms with van der Waals surface area (Å²) in [4.78, 5) is 104. The normalized spacial score (nSPS) is 13.4. The number of carbonyl (C=O) groups excluding carboxylic acids is 6. The first-order valence-corrected chi connectivity index (χ1v) is 11.2. The number of hydrogen-bond acceptors (Lipinski definition) is 10. The van der Waals surface area contributed by atoms with Crippen molar-refractivity contribution in [1.82, 2.24) is 26.6 Å². The largest absolute Gasteiger partial charge is 0.481 e. The summed E-state index contributed by atoms with van der Waals surface area (Å²) in [6, 6.07) is -5.84. The average molecular weight is 562 g/mol. The molecule has 6 amide bonds. The van der Waals surface area contributed by atoms with Gasteiger partial charge in [0.1, 0.15) is 18.1 Å². The van der Waals surface area contributed by atoms with Crippen molar-refractivity contribution in [2.75, 3.05) is 13.1 Å². The van der Waals surface area contributed by atoms with Crippen LogP contribution >= 0.6 is 0 Å². The zero-order valence-electron chi connectivity index (χ0n) is 20.7. The molecule has 4 unspecified atom stereocenters. The molecule has 0 saturated carbocycles. The molecule has 0 aromatic carbocycles. The Labute approximate surface area is 220 Å². The van der Waals surface area contributed by atoms with E-state index in [9.17, 15) is 43.2 Å². The van der Waals surface area contributed by atoms with Gasteiger partial charge in [-0.2, -0.15) is 0 Å². The zero-order chi connectivity index (χ0) is 30.3. The Morgan fingerprint density at radius 2 is 1.23 bits per heavy atom. The highest BCUT2D eigenvalue weighted by molar-refractivity contribution is 5.96. The van der Waals surface area contributed by atoms with Gasteiger partial charge in [0.15, 0.2) is 0 Å². The monoisotopic (exact) mass is 561 g/mol. The van der Waals surface area contributed by atoms with Crippen molar-refractivity contribution in [1.29, 1.82) is 0 Å². The summed E-state index contributed by atoms with van der Waals surface area (Å²) in [6.07, 6.45) is -2.36. The van der Waals surface area contributed by atoms with Crippen molar-refractivity contribution < 1.29 is 58.5 Å². The molecular weight excluding hydrogens is 530 g/mol. The van der Waals surface area contributed by atoms with Crippen LogP contribution < -0.4 is 38.1 Å². The minimum atomic E-state index is -1.58. The lowest BCUT2D eigenvalue weighted by atomic mass is 10.1. The fourth-order valence-electron chi connectivity index (χ4n) is 2.71. The number of aliphatic carboxylic acids is 3. The zero-order valence-corrected chi connectivity index (χ0v) is 20.7. The molecular formula is C20H31N7O12. The molecule has 0 fully saturated rings. The van der Waals surface area contributed by atoms with E-state index in [2.05, 4.69) is 21.3 Å². The molecule has 0 rings (SSSR count). The Balaban J connectivity index is 4.75. The van der Waals surface area contributed by atoms with Gasteiger partial charge in [-0.3, -0.25) is 38.4 Å². The van der Waals surface area contributed by atoms with Gasteiger partial charge in [0.05, 0.1) is 32.0 Å². The lowest BCUT2D eigenvalue weighted by Crippen LogP contribution is -2.55. The van der Waals surface area contributed by atoms with Gasteiger partial charge in [0.2, 0.25) is 35.4 Å². The highest BCUT2D eigenvalue weighted by atomic mass is 16.4. The van der Waals surface area contributed by atoms with E-state index < -0.39 is 110 Å². The fraction of sp³-hybridized carbons (Fsp3) is 0.550. The average Bonchev–Trinajstić information content (AvgIpc) is 2.81. The Bertz CT molecular complexity index is 986. The van der Waals surface area contributed by atoms with E-state index >= 15 is 0 Å². The maximum atomic E-state index is 12.3. The molecule has 0 spiro atoms. The van der Waals surface area contributed by atoms with Crippen LogP contribution in [0.15, 0.2) is 0 Å². The first kappa shape index (κ1) is 34.2. The summed E-state index contributed by atoms with van der Waals surface area (Å²) < 4.78 is 0. The van der Waals surface area contributed by atoms with E-state index in [4.69, 9.17) is 26.8 Å². The molecule has 19 heteroatoms. The van der Waals surface area contributed by atoms with Gasteiger partial charge in [0, 0.05) is 6.42 Å². The highest BCUT2D eigenvalue weighted by Crippen LogP contribution is 1.98. The van der Waals surface area contributed by atoms with Gasteiger partial charge in [-0.15, -0.1) is 0 Å². The Morgan fingerprint density at radius 1 is 0.692 bits per heavy atom. The van der Waals surface area contributed by atoms with E-state index in [1.165, 1.54) is 6.92 Å². The van der Waals surface area contributed by atoms with E-state index in [-0.39, 0.29) is 6.42 Å². The molecule has 0 heterocycles. The maximum Gasteiger partial charge on any atom is 0.326 e. The summed E-state index contributed by atoms with van der Waals surface area (Å²) in [5.41, 5.74) is 10.4. The molecule has 0 aliphatic heterocycles. The number of hydrogen-bond donors (Lipinski definition) is 10. The third kappa shape index (κ3) is 15.1. The predicted molar refractivity (Wildman–Crippen MR) is 126 cm³/mol. The van der Waals surface area contributed by atoms with Crippen molar-refractivity contribution in [3.8, 4) is 0 Å². The molecule has 0 radical (unpaired) electrons. The number of nitrogens with two attached hydrogens (primary N) is 2. The minimum Gasteiger partial charge on any atom is -0.481 e. The molecule has 0 aliphatic carbocycles. The molecule has 0 aliphatic rings. The quantitative estimate of drug-likeness (QED) is 0.0746. The molecule has 12 N–H and O–H groups in total. The lowest BCUT2D eigenvalue weighted by Gasteiger charge is -2.19. The molecule has 19 nitrogen and oxygen atoms in total. The first-order valence-electron chi connectivity index (χ1n) is 11.2. The van der Waals surface area contributed by atoms with Crippen molar-refractivity contribution >= 4 is 53.4 Å². The van der Waals surface area contributed by atoms with Gasteiger partial charge in [-0.25, -0.2) is 4.79 Å². The number of nitrogens with one attached hydrogen (secondary N) is 5. The molecule has 0 aromatic heterocycles. The molecule has 0 aromatic rings. The van der Waals surface area contributed by atoms with Gasteiger partial charge in [-0.05, 0) is 13.3 Å². The third-order valence-corrected chi connectivity index (χ3v) is 4.67. The number of carboxylic acids is 3. The number of primary amides is 1. The van der Waals surface area contributed by atoms with Gasteiger partial charge in [0.25, 0.3) is 0 Å². The number of carbonyl (C=O) groups is 9. The summed E-state index contributed by atoms with van der Waals surface area (Å²) >= 11 is 0. The maximum absolute atomic E-state index is 12.3. The molecule has 4 atom stereocenters. The third-order valence-electron chi connectivity index (χ3n) is 4.67. The summed E-state index contributed by atoms with van der Waals surface area (Å²) in [7, 11) is 0. The van der Waals surface area contributed by atoms with Gasteiger partial charge >= 0.3 is 17.9 Å². The molecule has 0 saturated heterocycles. The summed E-state index contributed by atoms with van der Waals surface area (Å²) in [6.45, 7) is -0.196. The molecule has 218 valence electrons. The van der Waals surface area contributed by atoms with Crippen LogP contribution in [-0.4, -0.2) is 106 Å². The Hall–Kier alpha value is -4.81. The molecule has 39 heavy (non-hydrogen) atoms. The van der Waals surface area contributed by atoms with Crippen LogP contribution in [0.2, 0.25) is 0 Å². The second-order valence-electron chi connectivity index (χ2n) is 8.05. The topological polar surface area (TPSA) is 327 Å². The predicted octanol–water partition coefficient (Wildman–Crippen LogP) is -5.68. The van der Waals surface area contributed by atoms with E-state index in [1.54, 1.807) is 0 Å².